The molecule has 2 nitrogen and oxygen atoms in total. The van der Waals surface area contributed by atoms with Gasteiger partial charge in [-0.3, -0.25) is 0 Å². The number of hydrogen-bond acceptors (Lipinski definition) is 2. The molecule has 0 radical (unpaired) electrons. The quantitative estimate of drug-likeness (QED) is 0.774. The van der Waals surface area contributed by atoms with Crippen LogP contribution in [0.4, 0.5) is 10.1 Å². The first-order valence-electron chi connectivity index (χ1n) is 6.58. The molecule has 2 N–H and O–H groups in total. The van der Waals surface area contributed by atoms with Crippen LogP contribution in [0.25, 0.3) is 0 Å². The molecule has 2 aromatic carbocycles. The highest BCUT2D eigenvalue weighted by Crippen LogP contribution is 2.21. The van der Waals surface area contributed by atoms with E-state index >= 15 is 0 Å². The minimum atomic E-state index is -0.213. The molecular formula is C16H16BrFN2S. The van der Waals surface area contributed by atoms with Gasteiger partial charge in [-0.05, 0) is 30.3 Å². The number of rotatable bonds is 6. The Bertz CT molecular complexity index is 619. The lowest BCUT2D eigenvalue weighted by molar-refractivity contribution is 0.604. The maximum atomic E-state index is 13.9. The van der Waals surface area contributed by atoms with Crippen molar-refractivity contribution in [2.24, 2.45) is 5.73 Å². The van der Waals surface area contributed by atoms with Gasteiger partial charge in [0.1, 0.15) is 5.82 Å². The smallest absolute Gasteiger partial charge is 0.128 e. The summed E-state index contributed by atoms with van der Waals surface area (Å²) >= 11 is 8.32. The molecular weight excluding hydrogens is 351 g/mol. The third kappa shape index (κ3) is 4.79. The second-order valence-electron chi connectivity index (χ2n) is 4.71. The molecule has 0 aliphatic heterocycles. The fraction of sp³-hybridized carbons (Fsp3) is 0.188. The van der Waals surface area contributed by atoms with Crippen LogP contribution in [0.5, 0.6) is 0 Å². The van der Waals surface area contributed by atoms with Crippen LogP contribution in [0.15, 0.2) is 53.0 Å². The zero-order valence-corrected chi connectivity index (χ0v) is 13.8. The summed E-state index contributed by atoms with van der Waals surface area (Å²) in [5.74, 6) is -0.213. The Kier molecular flexibility index (Phi) is 5.70. The van der Waals surface area contributed by atoms with Crippen molar-refractivity contribution in [1.29, 1.82) is 0 Å². The molecule has 0 aliphatic carbocycles. The third-order valence-corrected chi connectivity index (χ3v) is 3.82. The first-order chi connectivity index (χ1) is 10.1. The molecule has 5 heteroatoms. The zero-order valence-electron chi connectivity index (χ0n) is 11.4. The summed E-state index contributed by atoms with van der Waals surface area (Å²) in [6.07, 6.45) is 0.597. The van der Waals surface area contributed by atoms with E-state index in [1.807, 2.05) is 30.3 Å². The predicted octanol–water partition coefficient (Wildman–Crippen LogP) is 4.27. The molecule has 0 aliphatic rings. The molecule has 0 heterocycles. The van der Waals surface area contributed by atoms with Crippen molar-refractivity contribution in [3.8, 4) is 0 Å². The van der Waals surface area contributed by atoms with E-state index in [9.17, 15) is 4.39 Å². The van der Waals surface area contributed by atoms with E-state index in [1.54, 1.807) is 12.1 Å². The first kappa shape index (κ1) is 15.9. The number of nitrogens with two attached hydrogens (primary N) is 1. The number of para-hydroxylation sites is 1. The van der Waals surface area contributed by atoms with Gasteiger partial charge in [-0.2, -0.15) is 0 Å². The summed E-state index contributed by atoms with van der Waals surface area (Å²) < 4.78 is 14.8. The van der Waals surface area contributed by atoms with Crippen molar-refractivity contribution < 1.29 is 4.39 Å². The van der Waals surface area contributed by atoms with Gasteiger partial charge in [0.05, 0.1) is 4.99 Å². The second-order valence-corrected chi connectivity index (χ2v) is 6.15. The minimum absolute atomic E-state index is 0.213. The highest BCUT2D eigenvalue weighted by Gasteiger charge is 2.11. The molecule has 0 spiro atoms. The minimum Gasteiger partial charge on any atom is -0.393 e. The summed E-state index contributed by atoms with van der Waals surface area (Å²) in [5, 5.41) is 0. The number of halogens is 2. The lowest BCUT2D eigenvalue weighted by Gasteiger charge is -2.25. The molecule has 21 heavy (non-hydrogen) atoms. The largest absolute Gasteiger partial charge is 0.393 e. The third-order valence-electron chi connectivity index (χ3n) is 3.12. The number of nitrogens with zero attached hydrogens (tertiary/aromatic N) is 1. The lowest BCUT2D eigenvalue weighted by Crippen LogP contribution is -2.27. The summed E-state index contributed by atoms with van der Waals surface area (Å²) in [5.41, 5.74) is 7.25. The Morgan fingerprint density at radius 1 is 1.19 bits per heavy atom. The maximum Gasteiger partial charge on any atom is 0.128 e. The van der Waals surface area contributed by atoms with Crippen molar-refractivity contribution in [2.75, 3.05) is 11.4 Å². The molecule has 0 aromatic heterocycles. The second kappa shape index (κ2) is 7.52. The molecule has 110 valence electrons. The van der Waals surface area contributed by atoms with Crippen LogP contribution in [0.1, 0.15) is 12.0 Å². The van der Waals surface area contributed by atoms with Crippen LogP contribution in [-0.2, 0) is 6.54 Å². The molecule has 0 bridgehead atoms. The number of thiocarbonyl (C=S) groups is 1. The number of hydrogen-bond donors (Lipinski definition) is 1. The van der Waals surface area contributed by atoms with Crippen LogP contribution in [-0.4, -0.2) is 11.5 Å². The van der Waals surface area contributed by atoms with Crippen molar-refractivity contribution in [2.45, 2.75) is 13.0 Å². The molecule has 0 fully saturated rings. The maximum absolute atomic E-state index is 13.9. The van der Waals surface area contributed by atoms with E-state index in [2.05, 4.69) is 20.8 Å². The van der Waals surface area contributed by atoms with Crippen LogP contribution in [0, 0.1) is 5.82 Å². The lowest BCUT2D eigenvalue weighted by atomic mass is 10.1. The van der Waals surface area contributed by atoms with E-state index < -0.39 is 0 Å². The molecule has 0 saturated carbocycles. The topological polar surface area (TPSA) is 29.3 Å². The van der Waals surface area contributed by atoms with E-state index in [1.165, 1.54) is 6.07 Å². The van der Waals surface area contributed by atoms with Crippen LogP contribution >= 0.6 is 28.1 Å². The summed E-state index contributed by atoms with van der Waals surface area (Å²) in [6, 6.07) is 14.8. The monoisotopic (exact) mass is 366 g/mol. The van der Waals surface area contributed by atoms with Gasteiger partial charge in [-0.1, -0.05) is 46.3 Å². The summed E-state index contributed by atoms with van der Waals surface area (Å²) in [7, 11) is 0. The molecule has 0 unspecified atom stereocenters. The van der Waals surface area contributed by atoms with Gasteiger partial charge in [0, 0.05) is 35.2 Å². The average molecular weight is 367 g/mol. The average Bonchev–Trinajstić information content (AvgIpc) is 2.47. The Morgan fingerprint density at radius 3 is 2.57 bits per heavy atom. The van der Waals surface area contributed by atoms with E-state index in [4.69, 9.17) is 18.0 Å². The SMILES string of the molecule is NC(=S)CCN(Cc1cc(Br)ccc1F)c1ccccc1. The Balaban J connectivity index is 2.23. The van der Waals surface area contributed by atoms with Gasteiger partial charge in [0.2, 0.25) is 0 Å². The van der Waals surface area contributed by atoms with Gasteiger partial charge >= 0.3 is 0 Å². The number of benzene rings is 2. The molecule has 0 amide bonds. The number of anilines is 1. The van der Waals surface area contributed by atoms with E-state index in [-0.39, 0.29) is 5.82 Å². The van der Waals surface area contributed by atoms with Gasteiger partial charge in [-0.15, -0.1) is 0 Å². The van der Waals surface area contributed by atoms with Gasteiger partial charge < -0.3 is 10.6 Å². The van der Waals surface area contributed by atoms with Gasteiger partial charge in [-0.25, -0.2) is 4.39 Å². The van der Waals surface area contributed by atoms with E-state index in [0.717, 1.165) is 10.2 Å². The molecule has 2 aromatic rings. The summed E-state index contributed by atoms with van der Waals surface area (Å²) in [6.45, 7) is 1.13. The Labute approximate surface area is 137 Å². The highest BCUT2D eigenvalue weighted by molar-refractivity contribution is 9.10. The van der Waals surface area contributed by atoms with Crippen molar-refractivity contribution in [3.63, 3.8) is 0 Å². The van der Waals surface area contributed by atoms with Crippen molar-refractivity contribution in [1.82, 2.24) is 0 Å². The normalized spacial score (nSPS) is 10.4. The summed E-state index contributed by atoms with van der Waals surface area (Å²) in [4.78, 5) is 2.54. The molecule has 0 atom stereocenters. The highest BCUT2D eigenvalue weighted by atomic mass is 79.9. The van der Waals surface area contributed by atoms with Crippen molar-refractivity contribution in [3.05, 3.63) is 64.4 Å². The van der Waals surface area contributed by atoms with Gasteiger partial charge in [0.25, 0.3) is 0 Å². The zero-order chi connectivity index (χ0) is 15.2. The standard InChI is InChI=1S/C16H16BrFN2S/c17-13-6-7-15(18)12(10-13)11-20(9-8-16(19)21)14-4-2-1-3-5-14/h1-7,10H,8-9,11H2,(H2,19,21). The Morgan fingerprint density at radius 2 is 1.90 bits per heavy atom. The Hall–Kier alpha value is -1.46. The van der Waals surface area contributed by atoms with Crippen LogP contribution in [0.3, 0.4) is 0 Å². The fourth-order valence-corrected chi connectivity index (χ4v) is 2.55. The molecule has 0 saturated heterocycles. The van der Waals surface area contributed by atoms with Gasteiger partial charge in [0.15, 0.2) is 0 Å². The van der Waals surface area contributed by atoms with Crippen LogP contribution in [0.2, 0.25) is 0 Å². The first-order valence-corrected chi connectivity index (χ1v) is 7.78. The van der Waals surface area contributed by atoms with Crippen LogP contribution < -0.4 is 10.6 Å². The predicted molar refractivity (Wildman–Crippen MR) is 93.0 cm³/mol. The van der Waals surface area contributed by atoms with E-state index in [0.29, 0.717) is 30.1 Å². The van der Waals surface area contributed by atoms with Crippen molar-refractivity contribution >= 4 is 38.8 Å². The molecule has 2 rings (SSSR count). The fourth-order valence-electron chi connectivity index (χ4n) is 2.05.